The van der Waals surface area contributed by atoms with Gasteiger partial charge in [-0.05, 0) is 67.6 Å². The lowest BCUT2D eigenvalue weighted by Crippen LogP contribution is -2.46. The van der Waals surface area contributed by atoms with Crippen molar-refractivity contribution in [3.63, 3.8) is 0 Å². The number of benzene rings is 2. The van der Waals surface area contributed by atoms with Crippen LogP contribution in [0, 0.1) is 28.9 Å². The zero-order chi connectivity index (χ0) is 27.1. The van der Waals surface area contributed by atoms with Crippen LogP contribution in [0.15, 0.2) is 36.4 Å². The van der Waals surface area contributed by atoms with Crippen molar-refractivity contribution in [1.82, 2.24) is 14.3 Å². The monoisotopic (exact) mass is 541 g/mol. The van der Waals surface area contributed by atoms with E-state index in [9.17, 15) is 22.5 Å². The second kappa shape index (κ2) is 10.3. The van der Waals surface area contributed by atoms with E-state index in [-0.39, 0.29) is 17.4 Å². The van der Waals surface area contributed by atoms with Crippen molar-refractivity contribution < 1.29 is 17.2 Å². The molecular weight excluding hydrogens is 508 g/mol. The molecule has 0 radical (unpaired) electrons. The summed E-state index contributed by atoms with van der Waals surface area (Å²) in [5.74, 6) is -0.977. The number of rotatable bonds is 6. The van der Waals surface area contributed by atoms with Crippen molar-refractivity contribution in [3.8, 4) is 6.07 Å². The molecule has 10 heteroatoms. The second-order valence-electron chi connectivity index (χ2n) is 11.1. The molecule has 2 heterocycles. The normalized spacial score (nSPS) is 23.4. The van der Waals surface area contributed by atoms with E-state index in [0.29, 0.717) is 42.2 Å². The summed E-state index contributed by atoms with van der Waals surface area (Å²) in [4.78, 5) is 10.1. The lowest BCUT2D eigenvalue weighted by atomic mass is 9.69. The Balaban J connectivity index is 1.38. The number of hydrogen-bond donors (Lipinski definition) is 1. The Morgan fingerprint density at radius 3 is 2.47 bits per heavy atom. The average molecular weight is 542 g/mol. The van der Waals surface area contributed by atoms with Gasteiger partial charge in [0.15, 0.2) is 11.6 Å². The predicted molar refractivity (Wildman–Crippen MR) is 143 cm³/mol. The van der Waals surface area contributed by atoms with E-state index in [1.807, 2.05) is 18.2 Å². The van der Waals surface area contributed by atoms with E-state index in [2.05, 4.69) is 33.9 Å². The summed E-state index contributed by atoms with van der Waals surface area (Å²) in [5, 5.41) is 9.35. The number of piperidine rings is 1. The zero-order valence-electron chi connectivity index (χ0n) is 21.8. The molecule has 1 N–H and O–H groups in total. The third-order valence-electron chi connectivity index (χ3n) is 8.47. The van der Waals surface area contributed by atoms with Crippen molar-refractivity contribution in [2.75, 3.05) is 30.8 Å². The summed E-state index contributed by atoms with van der Waals surface area (Å²) < 4.78 is 53.3. The standard InChI is InChI=1S/C28H33F2N5O2S/c1-28(21-5-3-4-20(14-21)17-31)10-6-22(7-11-28)35(18-19-8-12-34(13-9-19)38(2,36)37)27-32-25-15-23(29)24(30)16-26(25)33-27/h3-5,14-16,19,22H,6-13,18H2,1-2H3,(H,32,33). The van der Waals surface area contributed by atoms with Crippen molar-refractivity contribution in [3.05, 3.63) is 59.2 Å². The van der Waals surface area contributed by atoms with Gasteiger partial charge in [-0.15, -0.1) is 0 Å². The Kier molecular flexibility index (Phi) is 7.18. The highest BCUT2D eigenvalue weighted by atomic mass is 32.2. The molecule has 2 aliphatic rings. The predicted octanol–water partition coefficient (Wildman–Crippen LogP) is 5.09. The number of fused-ring (bicyclic) bond motifs is 1. The molecular formula is C28H33F2N5O2S. The maximum atomic E-state index is 13.9. The van der Waals surface area contributed by atoms with Crippen LogP contribution in [0.25, 0.3) is 11.0 Å². The molecule has 5 rings (SSSR count). The third kappa shape index (κ3) is 5.40. The minimum atomic E-state index is -3.21. The van der Waals surface area contributed by atoms with Crippen molar-refractivity contribution in [1.29, 1.82) is 5.26 Å². The number of hydrogen-bond acceptors (Lipinski definition) is 5. The van der Waals surface area contributed by atoms with E-state index in [1.54, 1.807) is 0 Å². The van der Waals surface area contributed by atoms with Crippen LogP contribution in [0.4, 0.5) is 14.7 Å². The van der Waals surface area contributed by atoms with Crippen LogP contribution < -0.4 is 4.90 Å². The van der Waals surface area contributed by atoms with Gasteiger partial charge in [-0.2, -0.15) is 5.26 Å². The van der Waals surface area contributed by atoms with E-state index < -0.39 is 21.7 Å². The topological polar surface area (TPSA) is 93.1 Å². The molecule has 2 fully saturated rings. The molecule has 202 valence electrons. The molecule has 1 saturated heterocycles. The molecule has 7 nitrogen and oxygen atoms in total. The third-order valence-corrected chi connectivity index (χ3v) is 9.77. The molecule has 38 heavy (non-hydrogen) atoms. The summed E-state index contributed by atoms with van der Waals surface area (Å²) in [5.41, 5.74) is 2.62. The lowest BCUT2D eigenvalue weighted by Gasteiger charge is -2.43. The molecule has 0 unspecified atom stereocenters. The number of nitriles is 1. The van der Waals surface area contributed by atoms with Crippen LogP contribution >= 0.6 is 0 Å². The zero-order valence-corrected chi connectivity index (χ0v) is 22.6. The fraction of sp³-hybridized carbons (Fsp3) is 0.500. The number of anilines is 1. The number of aromatic nitrogens is 2. The number of nitrogens with one attached hydrogen (secondary N) is 1. The summed E-state index contributed by atoms with van der Waals surface area (Å²) in [6, 6.07) is 12.5. The SMILES string of the molecule is CC1(c2cccc(C#N)c2)CCC(N(CC2CCN(S(C)(=O)=O)CC2)c2nc3cc(F)c(F)cc3[nH]2)CC1. The highest BCUT2D eigenvalue weighted by Crippen LogP contribution is 2.42. The molecule has 0 atom stereocenters. The Hall–Kier alpha value is -3.03. The summed E-state index contributed by atoms with van der Waals surface area (Å²) in [6.07, 6.45) is 6.40. The smallest absolute Gasteiger partial charge is 0.211 e. The Bertz CT molecular complexity index is 1430. The molecule has 2 aromatic carbocycles. The van der Waals surface area contributed by atoms with Gasteiger partial charge in [0, 0.05) is 37.8 Å². The summed E-state index contributed by atoms with van der Waals surface area (Å²) in [7, 11) is -3.21. The maximum absolute atomic E-state index is 13.9. The lowest BCUT2D eigenvalue weighted by molar-refractivity contribution is 0.250. The fourth-order valence-electron chi connectivity index (χ4n) is 6.04. The first-order valence-corrected chi connectivity index (χ1v) is 15.0. The van der Waals surface area contributed by atoms with Crippen LogP contribution in [-0.4, -0.2) is 54.6 Å². The van der Waals surface area contributed by atoms with E-state index >= 15 is 0 Å². The number of H-pyrrole nitrogens is 1. The Morgan fingerprint density at radius 2 is 1.82 bits per heavy atom. The first-order valence-electron chi connectivity index (χ1n) is 13.1. The van der Waals surface area contributed by atoms with E-state index in [1.165, 1.54) is 16.1 Å². The Labute approximate surface area is 222 Å². The first-order chi connectivity index (χ1) is 18.1. The molecule has 0 bridgehead atoms. The van der Waals surface area contributed by atoms with Crippen molar-refractivity contribution >= 4 is 27.0 Å². The van der Waals surface area contributed by atoms with Gasteiger partial charge < -0.3 is 9.88 Å². The fourth-order valence-corrected chi connectivity index (χ4v) is 6.92. The van der Waals surface area contributed by atoms with Gasteiger partial charge >= 0.3 is 0 Å². The van der Waals surface area contributed by atoms with Gasteiger partial charge in [0.25, 0.3) is 0 Å². The van der Waals surface area contributed by atoms with Gasteiger partial charge in [0.1, 0.15) is 0 Å². The van der Waals surface area contributed by atoms with Gasteiger partial charge in [-0.25, -0.2) is 26.5 Å². The first kappa shape index (κ1) is 26.6. The molecule has 1 aliphatic heterocycles. The second-order valence-corrected chi connectivity index (χ2v) is 13.1. The minimum absolute atomic E-state index is 0.0456. The number of sulfonamides is 1. The molecule has 1 aliphatic carbocycles. The van der Waals surface area contributed by atoms with E-state index in [4.69, 9.17) is 0 Å². The van der Waals surface area contributed by atoms with Crippen LogP contribution in [-0.2, 0) is 15.4 Å². The van der Waals surface area contributed by atoms with Gasteiger partial charge in [0.2, 0.25) is 16.0 Å². The molecule has 1 saturated carbocycles. The van der Waals surface area contributed by atoms with Crippen LogP contribution in [0.5, 0.6) is 0 Å². The van der Waals surface area contributed by atoms with Crippen molar-refractivity contribution in [2.45, 2.75) is 56.9 Å². The van der Waals surface area contributed by atoms with E-state index in [0.717, 1.165) is 50.7 Å². The highest BCUT2D eigenvalue weighted by molar-refractivity contribution is 7.88. The average Bonchev–Trinajstić information content (AvgIpc) is 3.30. The van der Waals surface area contributed by atoms with Crippen LogP contribution in [0.3, 0.4) is 0 Å². The van der Waals surface area contributed by atoms with Crippen LogP contribution in [0.1, 0.15) is 56.6 Å². The highest BCUT2D eigenvalue weighted by Gasteiger charge is 2.37. The Morgan fingerprint density at radius 1 is 1.13 bits per heavy atom. The number of imidazole rings is 1. The molecule has 1 aromatic heterocycles. The van der Waals surface area contributed by atoms with Crippen LogP contribution in [0.2, 0.25) is 0 Å². The van der Waals surface area contributed by atoms with Gasteiger partial charge in [-0.1, -0.05) is 19.1 Å². The summed E-state index contributed by atoms with van der Waals surface area (Å²) in [6.45, 7) is 3.92. The van der Waals surface area contributed by atoms with Gasteiger partial charge in [-0.3, -0.25) is 0 Å². The molecule has 0 spiro atoms. The molecule has 0 amide bonds. The quantitative estimate of drug-likeness (QED) is 0.469. The summed E-state index contributed by atoms with van der Waals surface area (Å²) >= 11 is 0. The van der Waals surface area contributed by atoms with Gasteiger partial charge in [0.05, 0.1) is 28.9 Å². The molecule has 3 aromatic rings. The maximum Gasteiger partial charge on any atom is 0.211 e. The van der Waals surface area contributed by atoms with Crippen molar-refractivity contribution in [2.24, 2.45) is 5.92 Å². The minimum Gasteiger partial charge on any atom is -0.339 e. The largest absolute Gasteiger partial charge is 0.339 e. The number of nitrogens with zero attached hydrogens (tertiary/aromatic N) is 4. The number of aromatic amines is 1. The number of halogens is 2.